The molecule has 1 aromatic carbocycles. The van der Waals surface area contributed by atoms with Crippen molar-refractivity contribution >= 4 is 5.97 Å². The van der Waals surface area contributed by atoms with Crippen LogP contribution in [0, 0.1) is 5.92 Å². The fourth-order valence-corrected chi connectivity index (χ4v) is 3.68. The summed E-state index contributed by atoms with van der Waals surface area (Å²) in [4.78, 5) is 13.8. The molecule has 0 radical (unpaired) electrons. The average Bonchev–Trinajstić information content (AvgIpc) is 2.65. The number of nitrogens with one attached hydrogen (secondary N) is 1. The summed E-state index contributed by atoms with van der Waals surface area (Å²) in [7, 11) is 1.44. The Morgan fingerprint density at radius 2 is 2.07 bits per heavy atom. The van der Waals surface area contributed by atoms with Crippen molar-refractivity contribution in [3.8, 4) is 5.75 Å². The van der Waals surface area contributed by atoms with Gasteiger partial charge in [0.1, 0.15) is 18.5 Å². The summed E-state index contributed by atoms with van der Waals surface area (Å²) in [6.45, 7) is 3.31. The Balaban J connectivity index is 1.36. The van der Waals surface area contributed by atoms with Gasteiger partial charge in [0, 0.05) is 19.1 Å². The van der Waals surface area contributed by atoms with Gasteiger partial charge in [-0.25, -0.2) is 0 Å². The van der Waals surface area contributed by atoms with Crippen LogP contribution in [0.4, 0.5) is 0 Å². The number of hydrogen-bond acceptors (Lipinski definition) is 6. The molecule has 1 aliphatic carbocycles. The molecule has 1 aromatic rings. The standard InChI is InChI=1S/C21H32N2O4/c1-26-21(25)17-8-10-23(11-9-17)14-19(24)15-27-20-7-2-4-16(12-20)13-22-18-5-3-6-18/h2,4,7,12,17-19,22,24H,3,5-6,8-11,13-15H2,1H3/t19-/m1/s1. The van der Waals surface area contributed by atoms with Crippen LogP contribution in [0.15, 0.2) is 24.3 Å². The first-order valence-corrected chi connectivity index (χ1v) is 10.1. The monoisotopic (exact) mass is 376 g/mol. The Bertz CT molecular complexity index is 598. The Hall–Kier alpha value is -1.63. The van der Waals surface area contributed by atoms with Crippen LogP contribution in [0.25, 0.3) is 0 Å². The number of carbonyl (C=O) groups is 1. The molecule has 1 saturated heterocycles. The first-order valence-electron chi connectivity index (χ1n) is 10.1. The van der Waals surface area contributed by atoms with Crippen LogP contribution in [-0.2, 0) is 16.1 Å². The zero-order valence-electron chi connectivity index (χ0n) is 16.2. The molecule has 150 valence electrons. The lowest BCUT2D eigenvalue weighted by atomic mass is 9.93. The van der Waals surface area contributed by atoms with Gasteiger partial charge in [-0.05, 0) is 56.5 Å². The van der Waals surface area contributed by atoms with Gasteiger partial charge >= 0.3 is 5.97 Å². The van der Waals surface area contributed by atoms with Crippen molar-refractivity contribution in [3.05, 3.63) is 29.8 Å². The lowest BCUT2D eigenvalue weighted by Gasteiger charge is -2.31. The summed E-state index contributed by atoms with van der Waals surface area (Å²) in [6.07, 6.45) is 4.92. The maximum Gasteiger partial charge on any atom is 0.308 e. The highest BCUT2D eigenvalue weighted by Crippen LogP contribution is 2.20. The van der Waals surface area contributed by atoms with E-state index in [2.05, 4.69) is 16.3 Å². The lowest BCUT2D eigenvalue weighted by molar-refractivity contribution is -0.147. The largest absolute Gasteiger partial charge is 0.491 e. The fourth-order valence-electron chi connectivity index (χ4n) is 3.68. The Labute approximate surface area is 161 Å². The minimum Gasteiger partial charge on any atom is -0.491 e. The molecule has 6 heteroatoms. The van der Waals surface area contributed by atoms with E-state index < -0.39 is 6.10 Å². The quantitative estimate of drug-likeness (QED) is 0.642. The third kappa shape index (κ3) is 6.19. The molecule has 0 spiro atoms. The van der Waals surface area contributed by atoms with E-state index in [1.807, 2.05) is 18.2 Å². The van der Waals surface area contributed by atoms with Crippen LogP contribution in [-0.4, -0.2) is 61.5 Å². The van der Waals surface area contributed by atoms with Crippen LogP contribution in [0.2, 0.25) is 0 Å². The van der Waals surface area contributed by atoms with Crippen molar-refractivity contribution in [1.82, 2.24) is 10.2 Å². The summed E-state index contributed by atoms with van der Waals surface area (Å²) in [5, 5.41) is 13.9. The number of rotatable bonds is 9. The van der Waals surface area contributed by atoms with Crippen LogP contribution in [0.3, 0.4) is 0 Å². The molecule has 1 atom stereocenters. The molecule has 2 N–H and O–H groups in total. The summed E-state index contributed by atoms with van der Waals surface area (Å²) in [5.41, 5.74) is 1.21. The van der Waals surface area contributed by atoms with Crippen LogP contribution in [0.5, 0.6) is 5.75 Å². The molecule has 2 fully saturated rings. The van der Waals surface area contributed by atoms with E-state index in [1.54, 1.807) is 0 Å². The van der Waals surface area contributed by atoms with Crippen molar-refractivity contribution < 1.29 is 19.4 Å². The van der Waals surface area contributed by atoms with Gasteiger partial charge in [-0.1, -0.05) is 18.6 Å². The van der Waals surface area contributed by atoms with Crippen molar-refractivity contribution in [2.75, 3.05) is 33.4 Å². The zero-order valence-corrected chi connectivity index (χ0v) is 16.2. The smallest absolute Gasteiger partial charge is 0.308 e. The molecular weight excluding hydrogens is 344 g/mol. The Kier molecular flexibility index (Phi) is 7.50. The molecule has 1 heterocycles. The first-order chi connectivity index (χ1) is 13.1. The van der Waals surface area contributed by atoms with Gasteiger partial charge in [-0.3, -0.25) is 4.79 Å². The SMILES string of the molecule is COC(=O)C1CCN(C[C@@H](O)COc2cccc(CNC3CCC3)c2)CC1. The highest BCUT2D eigenvalue weighted by atomic mass is 16.5. The number of esters is 1. The van der Waals surface area contributed by atoms with Crippen LogP contribution < -0.4 is 10.1 Å². The molecule has 0 bridgehead atoms. The number of aliphatic hydroxyl groups excluding tert-OH is 1. The number of aliphatic hydroxyl groups is 1. The highest BCUT2D eigenvalue weighted by molar-refractivity contribution is 5.72. The minimum absolute atomic E-state index is 0.00377. The van der Waals surface area contributed by atoms with Gasteiger partial charge in [0.2, 0.25) is 0 Å². The van der Waals surface area contributed by atoms with Crippen molar-refractivity contribution in [3.63, 3.8) is 0 Å². The van der Waals surface area contributed by atoms with Crippen molar-refractivity contribution in [1.29, 1.82) is 0 Å². The fraction of sp³-hybridized carbons (Fsp3) is 0.667. The van der Waals surface area contributed by atoms with Gasteiger partial charge in [-0.2, -0.15) is 0 Å². The predicted octanol–water partition coefficient (Wildman–Crippen LogP) is 1.95. The number of β-amino-alcohol motifs (C(OH)–C–C–N with tert-alkyl or cyclic N) is 1. The van der Waals surface area contributed by atoms with E-state index in [0.29, 0.717) is 12.6 Å². The molecular formula is C21H32N2O4. The number of ether oxygens (including phenoxy) is 2. The van der Waals surface area contributed by atoms with Gasteiger partial charge in [0.05, 0.1) is 13.0 Å². The van der Waals surface area contributed by atoms with Gasteiger partial charge in [0.25, 0.3) is 0 Å². The van der Waals surface area contributed by atoms with E-state index in [0.717, 1.165) is 38.2 Å². The lowest BCUT2D eigenvalue weighted by Crippen LogP contribution is -2.42. The summed E-state index contributed by atoms with van der Waals surface area (Å²) in [5.74, 6) is 0.674. The molecule has 0 amide bonds. The van der Waals surface area contributed by atoms with Gasteiger partial charge in [-0.15, -0.1) is 0 Å². The van der Waals surface area contributed by atoms with Gasteiger partial charge < -0.3 is 24.8 Å². The van der Waals surface area contributed by atoms with Gasteiger partial charge in [0.15, 0.2) is 0 Å². The van der Waals surface area contributed by atoms with E-state index in [9.17, 15) is 9.90 Å². The predicted molar refractivity (Wildman–Crippen MR) is 104 cm³/mol. The molecule has 0 aromatic heterocycles. The average molecular weight is 376 g/mol. The summed E-state index contributed by atoms with van der Waals surface area (Å²) >= 11 is 0. The highest BCUT2D eigenvalue weighted by Gasteiger charge is 2.26. The molecule has 3 rings (SSSR count). The summed E-state index contributed by atoms with van der Waals surface area (Å²) < 4.78 is 10.6. The van der Waals surface area contributed by atoms with Crippen LogP contribution >= 0.6 is 0 Å². The molecule has 0 unspecified atom stereocenters. The van der Waals surface area contributed by atoms with E-state index in [1.165, 1.54) is 31.9 Å². The number of likely N-dealkylation sites (tertiary alicyclic amines) is 1. The van der Waals surface area contributed by atoms with E-state index in [-0.39, 0.29) is 18.5 Å². The minimum atomic E-state index is -0.545. The van der Waals surface area contributed by atoms with Crippen molar-refractivity contribution in [2.45, 2.75) is 50.8 Å². The Morgan fingerprint density at radius 3 is 2.74 bits per heavy atom. The van der Waals surface area contributed by atoms with E-state index in [4.69, 9.17) is 9.47 Å². The number of methoxy groups -OCH3 is 1. The second-order valence-electron chi connectivity index (χ2n) is 7.72. The normalized spacial score (nSPS) is 20.1. The molecule has 27 heavy (non-hydrogen) atoms. The molecule has 1 aliphatic heterocycles. The second kappa shape index (κ2) is 10.1. The summed E-state index contributed by atoms with van der Waals surface area (Å²) in [6, 6.07) is 8.74. The second-order valence-corrected chi connectivity index (χ2v) is 7.72. The molecule has 6 nitrogen and oxygen atoms in total. The third-order valence-electron chi connectivity index (χ3n) is 5.63. The van der Waals surface area contributed by atoms with E-state index >= 15 is 0 Å². The maximum atomic E-state index is 11.6. The number of benzene rings is 1. The zero-order chi connectivity index (χ0) is 19.1. The number of piperidine rings is 1. The maximum absolute atomic E-state index is 11.6. The third-order valence-corrected chi connectivity index (χ3v) is 5.63. The number of carbonyl (C=O) groups excluding carboxylic acids is 1. The Morgan fingerprint density at radius 1 is 1.30 bits per heavy atom. The van der Waals surface area contributed by atoms with Crippen molar-refractivity contribution in [2.24, 2.45) is 5.92 Å². The molecule has 2 aliphatic rings. The topological polar surface area (TPSA) is 71.0 Å². The first kappa shape index (κ1) is 20.1. The number of hydrogen-bond donors (Lipinski definition) is 2. The molecule has 1 saturated carbocycles. The number of nitrogens with zero attached hydrogens (tertiary/aromatic N) is 1. The van der Waals surface area contributed by atoms with Crippen LogP contribution in [0.1, 0.15) is 37.7 Å².